The molecule has 0 bridgehead atoms. The summed E-state index contributed by atoms with van der Waals surface area (Å²) < 4.78 is 5.00. The third-order valence-electron chi connectivity index (χ3n) is 3.42. The van der Waals surface area contributed by atoms with Gasteiger partial charge < -0.3 is 15.4 Å². The van der Waals surface area contributed by atoms with Gasteiger partial charge in [-0.1, -0.05) is 0 Å². The van der Waals surface area contributed by atoms with Crippen LogP contribution < -0.4 is 5.73 Å². The Balaban J connectivity index is 2.17. The number of hydrogen-bond donors (Lipinski definition) is 1. The maximum atomic E-state index is 11.6. The van der Waals surface area contributed by atoms with Crippen LogP contribution in [0.5, 0.6) is 0 Å². The highest BCUT2D eigenvalue weighted by molar-refractivity contribution is 6.06. The number of hydrogen-bond acceptors (Lipinski definition) is 3. The Hall–Kier alpha value is -1.10. The lowest BCUT2D eigenvalue weighted by molar-refractivity contribution is 0.120. The van der Waals surface area contributed by atoms with Crippen molar-refractivity contribution in [1.82, 2.24) is 4.90 Å². The predicted octanol–water partition coefficient (Wildman–Crippen LogP) is 0.594. The van der Waals surface area contributed by atoms with E-state index in [2.05, 4.69) is 4.99 Å². The minimum Gasteiger partial charge on any atom is -0.385 e. The average molecular weight is 211 g/mol. The number of carbonyl (C=O) groups excluding carboxylic acids is 1. The van der Waals surface area contributed by atoms with Gasteiger partial charge in [0.05, 0.1) is 6.61 Å². The fourth-order valence-electron chi connectivity index (χ4n) is 2.20. The van der Waals surface area contributed by atoms with E-state index in [1.165, 1.54) is 0 Å². The molecule has 2 N–H and O–H groups in total. The lowest BCUT2D eigenvalue weighted by Crippen LogP contribution is -2.54. The van der Waals surface area contributed by atoms with Gasteiger partial charge in [0.2, 0.25) is 0 Å². The van der Waals surface area contributed by atoms with Crippen molar-refractivity contribution in [2.24, 2.45) is 16.6 Å². The van der Waals surface area contributed by atoms with Crippen molar-refractivity contribution in [3.63, 3.8) is 0 Å². The Bertz CT molecular complexity index is 312. The van der Waals surface area contributed by atoms with Crippen molar-refractivity contribution < 1.29 is 9.53 Å². The number of methoxy groups -OCH3 is 1. The molecule has 0 radical (unpaired) electrons. The van der Waals surface area contributed by atoms with Gasteiger partial charge in [-0.2, -0.15) is 4.99 Å². The molecule has 1 aliphatic carbocycles. The molecule has 1 unspecified atom stereocenters. The molecule has 0 aromatic rings. The summed E-state index contributed by atoms with van der Waals surface area (Å²) in [4.78, 5) is 17.2. The van der Waals surface area contributed by atoms with Crippen LogP contribution in [0.25, 0.3) is 0 Å². The summed E-state index contributed by atoms with van der Waals surface area (Å²) >= 11 is 0. The lowest BCUT2D eigenvalue weighted by Gasteiger charge is -2.34. The zero-order chi connectivity index (χ0) is 11.1. The number of carbonyl (C=O) groups is 1. The van der Waals surface area contributed by atoms with Gasteiger partial charge in [-0.25, -0.2) is 4.79 Å². The Morgan fingerprint density at radius 2 is 2.33 bits per heavy atom. The first-order valence-electron chi connectivity index (χ1n) is 5.26. The topological polar surface area (TPSA) is 67.9 Å². The molecule has 15 heavy (non-hydrogen) atoms. The number of aliphatic imine (C=N–C) groups is 1. The Kier molecular flexibility index (Phi) is 2.42. The summed E-state index contributed by atoms with van der Waals surface area (Å²) in [5.74, 6) is 0.940. The number of amidine groups is 1. The molecule has 5 heteroatoms. The summed E-state index contributed by atoms with van der Waals surface area (Å²) in [5, 5.41) is 0. The van der Waals surface area contributed by atoms with Crippen LogP contribution in [-0.2, 0) is 4.74 Å². The minimum atomic E-state index is -0.365. The highest BCUT2D eigenvalue weighted by Crippen LogP contribution is 2.45. The average Bonchev–Trinajstić information content (AvgIpc) is 2.97. The number of nitrogens with zero attached hydrogens (tertiary/aromatic N) is 2. The molecule has 84 valence electrons. The number of amides is 2. The molecule has 2 amide bonds. The molecule has 0 aromatic heterocycles. The second-order valence-corrected chi connectivity index (χ2v) is 4.35. The molecule has 0 aromatic carbocycles. The standard InChI is InChI=1S/C10H17N3O2/c1-10(7-3-4-7)8(11)12-9(14)13(10)5-6-15-2/h7H,3-6H2,1-2H3,(H2,11,12,14). The largest absolute Gasteiger partial charge is 0.385 e. The predicted molar refractivity (Wildman–Crippen MR) is 56.7 cm³/mol. The first-order valence-corrected chi connectivity index (χ1v) is 5.26. The first-order chi connectivity index (χ1) is 7.10. The van der Waals surface area contributed by atoms with Crippen LogP contribution in [-0.4, -0.2) is 42.6 Å². The normalized spacial score (nSPS) is 30.9. The fraction of sp³-hybridized carbons (Fsp3) is 0.800. The molecular weight excluding hydrogens is 194 g/mol. The Morgan fingerprint density at radius 3 is 2.87 bits per heavy atom. The summed E-state index contributed by atoms with van der Waals surface area (Å²) in [5.41, 5.74) is 5.49. The molecule has 1 heterocycles. The highest BCUT2D eigenvalue weighted by Gasteiger charge is 2.53. The lowest BCUT2D eigenvalue weighted by atomic mass is 9.93. The van der Waals surface area contributed by atoms with Crippen molar-refractivity contribution in [3.05, 3.63) is 0 Å². The second-order valence-electron chi connectivity index (χ2n) is 4.35. The van der Waals surface area contributed by atoms with E-state index in [-0.39, 0.29) is 11.6 Å². The van der Waals surface area contributed by atoms with Crippen LogP contribution in [0.3, 0.4) is 0 Å². The van der Waals surface area contributed by atoms with E-state index in [0.717, 1.165) is 12.8 Å². The van der Waals surface area contributed by atoms with Gasteiger partial charge in [0.1, 0.15) is 11.4 Å². The van der Waals surface area contributed by atoms with Gasteiger partial charge >= 0.3 is 6.03 Å². The van der Waals surface area contributed by atoms with Crippen LogP contribution in [0, 0.1) is 5.92 Å². The maximum Gasteiger partial charge on any atom is 0.346 e. The van der Waals surface area contributed by atoms with Crippen molar-refractivity contribution in [1.29, 1.82) is 0 Å². The molecule has 0 saturated heterocycles. The summed E-state index contributed by atoms with van der Waals surface area (Å²) in [6.07, 6.45) is 2.26. The molecule has 5 nitrogen and oxygen atoms in total. The van der Waals surface area contributed by atoms with Crippen LogP contribution in [0.15, 0.2) is 4.99 Å². The smallest absolute Gasteiger partial charge is 0.346 e. The summed E-state index contributed by atoms with van der Waals surface area (Å²) in [6, 6.07) is -0.223. The third kappa shape index (κ3) is 1.51. The van der Waals surface area contributed by atoms with Crippen molar-refractivity contribution in [2.45, 2.75) is 25.3 Å². The van der Waals surface area contributed by atoms with E-state index in [1.807, 2.05) is 6.92 Å². The summed E-state index contributed by atoms with van der Waals surface area (Å²) in [7, 11) is 1.62. The van der Waals surface area contributed by atoms with Gasteiger partial charge in [0.15, 0.2) is 0 Å². The van der Waals surface area contributed by atoms with Crippen molar-refractivity contribution in [3.8, 4) is 0 Å². The van der Waals surface area contributed by atoms with Crippen LogP contribution in [0.2, 0.25) is 0 Å². The zero-order valence-electron chi connectivity index (χ0n) is 9.19. The molecule has 1 saturated carbocycles. The van der Waals surface area contributed by atoms with E-state index >= 15 is 0 Å². The molecule has 0 spiro atoms. The molecule has 1 aliphatic heterocycles. The second kappa shape index (κ2) is 3.48. The monoisotopic (exact) mass is 211 g/mol. The van der Waals surface area contributed by atoms with Gasteiger partial charge in [-0.05, 0) is 25.7 Å². The fourth-order valence-corrected chi connectivity index (χ4v) is 2.20. The van der Waals surface area contributed by atoms with Gasteiger partial charge in [-0.15, -0.1) is 0 Å². The van der Waals surface area contributed by atoms with Crippen LogP contribution in [0.4, 0.5) is 4.79 Å². The van der Waals surface area contributed by atoms with E-state index in [1.54, 1.807) is 12.0 Å². The van der Waals surface area contributed by atoms with Crippen LogP contribution in [0.1, 0.15) is 19.8 Å². The maximum absolute atomic E-state index is 11.6. The van der Waals surface area contributed by atoms with Crippen molar-refractivity contribution >= 4 is 11.9 Å². The Morgan fingerprint density at radius 1 is 1.67 bits per heavy atom. The summed E-state index contributed by atoms with van der Waals surface area (Å²) in [6.45, 7) is 3.09. The number of ether oxygens (including phenoxy) is 1. The molecular formula is C10H17N3O2. The van der Waals surface area contributed by atoms with Gasteiger partial charge in [-0.3, -0.25) is 0 Å². The van der Waals surface area contributed by atoms with E-state index in [4.69, 9.17) is 10.5 Å². The number of rotatable bonds is 4. The van der Waals surface area contributed by atoms with E-state index in [0.29, 0.717) is 24.9 Å². The minimum absolute atomic E-state index is 0.223. The van der Waals surface area contributed by atoms with Gasteiger partial charge in [0.25, 0.3) is 0 Å². The molecule has 1 atom stereocenters. The molecule has 1 fully saturated rings. The highest BCUT2D eigenvalue weighted by atomic mass is 16.5. The zero-order valence-corrected chi connectivity index (χ0v) is 9.19. The van der Waals surface area contributed by atoms with Crippen molar-refractivity contribution in [2.75, 3.05) is 20.3 Å². The first kappa shape index (κ1) is 10.4. The molecule has 2 aliphatic rings. The quantitative estimate of drug-likeness (QED) is 0.740. The van der Waals surface area contributed by atoms with E-state index in [9.17, 15) is 4.79 Å². The SMILES string of the molecule is COCCN1C(=O)N=C(N)C1(C)C1CC1. The third-order valence-corrected chi connectivity index (χ3v) is 3.42. The number of nitrogens with two attached hydrogens (primary N) is 1. The number of urea groups is 1. The van der Waals surface area contributed by atoms with Gasteiger partial charge in [0, 0.05) is 13.7 Å². The van der Waals surface area contributed by atoms with E-state index < -0.39 is 0 Å². The Labute approximate surface area is 89.3 Å². The van der Waals surface area contributed by atoms with Crippen LogP contribution >= 0.6 is 0 Å². The molecule has 2 rings (SSSR count).